The molecule has 1 saturated heterocycles. The molecule has 1 aromatic carbocycles. The number of halogens is 2. The molecule has 1 aliphatic heterocycles. The van der Waals surface area contributed by atoms with Crippen LogP contribution in [0.15, 0.2) is 18.2 Å². The largest absolute Gasteiger partial charge is 0.305 e. The monoisotopic (exact) mass is 241 g/mol. The first-order chi connectivity index (χ1) is 7.12. The molecule has 1 heterocycles. The van der Waals surface area contributed by atoms with E-state index in [2.05, 4.69) is 18.0 Å². The maximum absolute atomic E-state index is 13.5. The maximum Gasteiger partial charge on any atom is 0.126 e. The van der Waals surface area contributed by atoms with Gasteiger partial charge in [0.15, 0.2) is 0 Å². The van der Waals surface area contributed by atoms with Crippen LogP contribution in [0.4, 0.5) is 4.39 Å². The third-order valence-corrected chi connectivity index (χ3v) is 4.06. The van der Waals surface area contributed by atoms with Crippen molar-refractivity contribution in [2.45, 2.75) is 18.8 Å². The summed E-state index contributed by atoms with van der Waals surface area (Å²) in [4.78, 5) is 2.35. The molecule has 3 heteroatoms. The zero-order valence-electron chi connectivity index (χ0n) is 9.66. The molecule has 0 amide bonds. The summed E-state index contributed by atoms with van der Waals surface area (Å²) >= 11 is 0. The first-order valence-electron chi connectivity index (χ1n) is 5.57. The Bertz CT molecular complexity index is 420. The van der Waals surface area contributed by atoms with E-state index in [1.54, 1.807) is 6.07 Å². The van der Waals surface area contributed by atoms with E-state index in [9.17, 15) is 4.39 Å². The van der Waals surface area contributed by atoms with Crippen molar-refractivity contribution in [2.24, 2.45) is 5.92 Å². The van der Waals surface area contributed by atoms with Crippen LogP contribution in [0.1, 0.15) is 17.5 Å². The van der Waals surface area contributed by atoms with Gasteiger partial charge in [-0.15, -0.1) is 12.4 Å². The molecule has 88 valence electrons. The molecule has 0 radical (unpaired) electrons. The number of fused-ring (bicyclic) bond motifs is 1. The molecule has 2 atom stereocenters. The molecule has 0 spiro atoms. The lowest BCUT2D eigenvalue weighted by Gasteiger charge is -2.16. The van der Waals surface area contributed by atoms with E-state index < -0.39 is 0 Å². The molecular weight excluding hydrogens is 225 g/mol. The van der Waals surface area contributed by atoms with Gasteiger partial charge in [0.05, 0.1) is 0 Å². The highest BCUT2D eigenvalue weighted by molar-refractivity contribution is 5.85. The summed E-state index contributed by atoms with van der Waals surface area (Å²) in [5.74, 6) is 0.715. The number of piperidine rings is 1. The SMILES string of the molecule is Cc1ccc([C@]23C[C@H]2CN(C)C3)cc1F.Cl. The number of likely N-dealkylation sites (N-methyl/N-ethyl adjacent to an activating group) is 1. The fourth-order valence-electron chi connectivity index (χ4n) is 3.08. The van der Waals surface area contributed by atoms with Crippen LogP contribution in [0, 0.1) is 18.7 Å². The summed E-state index contributed by atoms with van der Waals surface area (Å²) in [6.45, 7) is 4.09. The second-order valence-corrected chi connectivity index (χ2v) is 5.22. The summed E-state index contributed by atoms with van der Waals surface area (Å²) in [5.41, 5.74) is 2.25. The van der Waals surface area contributed by atoms with Gasteiger partial charge >= 0.3 is 0 Å². The second kappa shape index (κ2) is 3.71. The van der Waals surface area contributed by atoms with Crippen molar-refractivity contribution >= 4 is 12.4 Å². The molecule has 0 aromatic heterocycles. The lowest BCUT2D eigenvalue weighted by atomic mass is 9.94. The third-order valence-electron chi connectivity index (χ3n) is 4.06. The van der Waals surface area contributed by atoms with E-state index >= 15 is 0 Å². The van der Waals surface area contributed by atoms with Gasteiger partial charge in [-0.3, -0.25) is 0 Å². The molecule has 1 aliphatic carbocycles. The molecule has 1 aromatic rings. The first kappa shape index (κ1) is 11.9. The van der Waals surface area contributed by atoms with Crippen molar-refractivity contribution in [2.75, 3.05) is 20.1 Å². The number of rotatable bonds is 1. The van der Waals surface area contributed by atoms with Crippen LogP contribution in [0.3, 0.4) is 0 Å². The third kappa shape index (κ3) is 1.56. The van der Waals surface area contributed by atoms with E-state index in [0.29, 0.717) is 5.41 Å². The Morgan fingerprint density at radius 1 is 1.44 bits per heavy atom. The summed E-state index contributed by atoms with van der Waals surface area (Å²) in [5, 5.41) is 0. The molecule has 0 unspecified atom stereocenters. The Labute approximate surface area is 102 Å². The lowest BCUT2D eigenvalue weighted by Crippen LogP contribution is -2.22. The molecule has 0 bridgehead atoms. The van der Waals surface area contributed by atoms with E-state index in [4.69, 9.17) is 0 Å². The average molecular weight is 242 g/mol. The highest BCUT2D eigenvalue weighted by Gasteiger charge is 2.59. The topological polar surface area (TPSA) is 3.24 Å². The van der Waals surface area contributed by atoms with Gasteiger partial charge in [-0.05, 0) is 43.5 Å². The molecule has 16 heavy (non-hydrogen) atoms. The van der Waals surface area contributed by atoms with Gasteiger partial charge in [0.2, 0.25) is 0 Å². The minimum absolute atomic E-state index is 0. The van der Waals surface area contributed by atoms with E-state index in [1.807, 2.05) is 13.0 Å². The zero-order valence-corrected chi connectivity index (χ0v) is 10.5. The van der Waals surface area contributed by atoms with E-state index in [0.717, 1.165) is 18.0 Å². The van der Waals surface area contributed by atoms with Crippen molar-refractivity contribution in [3.05, 3.63) is 35.1 Å². The Morgan fingerprint density at radius 2 is 2.19 bits per heavy atom. The highest BCUT2D eigenvalue weighted by Crippen LogP contribution is 2.58. The molecule has 2 aliphatic rings. The fourth-order valence-corrected chi connectivity index (χ4v) is 3.08. The normalized spacial score (nSPS) is 32.1. The van der Waals surface area contributed by atoms with Gasteiger partial charge in [-0.25, -0.2) is 4.39 Å². The number of aryl methyl sites for hydroxylation is 1. The van der Waals surface area contributed by atoms with Gasteiger partial charge in [0.1, 0.15) is 5.82 Å². The summed E-state index contributed by atoms with van der Waals surface area (Å²) in [6, 6.07) is 5.76. The van der Waals surface area contributed by atoms with Crippen LogP contribution in [0.5, 0.6) is 0 Å². The van der Waals surface area contributed by atoms with Gasteiger partial charge < -0.3 is 4.90 Å². The van der Waals surface area contributed by atoms with Crippen LogP contribution in [0.25, 0.3) is 0 Å². The number of likely N-dealkylation sites (tertiary alicyclic amines) is 1. The van der Waals surface area contributed by atoms with E-state index in [1.165, 1.54) is 18.5 Å². The van der Waals surface area contributed by atoms with Crippen LogP contribution < -0.4 is 0 Å². The van der Waals surface area contributed by atoms with Gasteiger partial charge in [-0.1, -0.05) is 12.1 Å². The number of hydrogen-bond donors (Lipinski definition) is 0. The van der Waals surface area contributed by atoms with Crippen LogP contribution in [-0.4, -0.2) is 25.0 Å². The van der Waals surface area contributed by atoms with Crippen LogP contribution in [-0.2, 0) is 5.41 Å². The lowest BCUT2D eigenvalue weighted by molar-refractivity contribution is 0.363. The fraction of sp³-hybridized carbons (Fsp3) is 0.538. The number of benzene rings is 1. The number of hydrogen-bond acceptors (Lipinski definition) is 1. The Morgan fingerprint density at radius 3 is 2.75 bits per heavy atom. The highest BCUT2D eigenvalue weighted by atomic mass is 35.5. The minimum atomic E-state index is -0.0536. The standard InChI is InChI=1S/C13H16FN.ClH/c1-9-3-4-10(5-12(9)14)13-6-11(13)7-15(2)8-13;/h3-5,11H,6-8H2,1-2H3;1H/t11-,13+;/m0./s1. The van der Waals surface area contributed by atoms with Gasteiger partial charge in [-0.2, -0.15) is 0 Å². The summed E-state index contributed by atoms with van der Waals surface area (Å²) < 4.78 is 13.5. The molecule has 2 fully saturated rings. The molecule has 0 N–H and O–H groups in total. The zero-order chi connectivity index (χ0) is 10.6. The van der Waals surface area contributed by atoms with Crippen molar-refractivity contribution in [1.29, 1.82) is 0 Å². The minimum Gasteiger partial charge on any atom is -0.305 e. The van der Waals surface area contributed by atoms with Crippen molar-refractivity contribution < 1.29 is 4.39 Å². The molecule has 1 saturated carbocycles. The average Bonchev–Trinajstić information content (AvgIpc) is 2.75. The second-order valence-electron chi connectivity index (χ2n) is 5.22. The summed E-state index contributed by atoms with van der Waals surface area (Å²) in [7, 11) is 2.15. The van der Waals surface area contributed by atoms with Crippen LogP contribution >= 0.6 is 12.4 Å². The van der Waals surface area contributed by atoms with Crippen molar-refractivity contribution in [3.8, 4) is 0 Å². The predicted octanol–water partition coefficient (Wildman–Crippen LogP) is 2.76. The predicted molar refractivity (Wildman–Crippen MR) is 65.7 cm³/mol. The Balaban J connectivity index is 0.000000963. The van der Waals surface area contributed by atoms with Crippen molar-refractivity contribution in [1.82, 2.24) is 4.90 Å². The first-order valence-corrected chi connectivity index (χ1v) is 5.57. The molecule has 1 nitrogen and oxygen atoms in total. The van der Waals surface area contributed by atoms with E-state index in [-0.39, 0.29) is 18.2 Å². The smallest absolute Gasteiger partial charge is 0.126 e. The molecular formula is C13H17ClFN. The number of nitrogens with zero attached hydrogens (tertiary/aromatic N) is 1. The van der Waals surface area contributed by atoms with Crippen molar-refractivity contribution in [3.63, 3.8) is 0 Å². The van der Waals surface area contributed by atoms with Gasteiger partial charge in [0.25, 0.3) is 0 Å². The summed E-state index contributed by atoms with van der Waals surface area (Å²) in [6.07, 6.45) is 1.25. The van der Waals surface area contributed by atoms with Gasteiger partial charge in [0, 0.05) is 18.5 Å². The quantitative estimate of drug-likeness (QED) is 0.731. The van der Waals surface area contributed by atoms with Crippen LogP contribution in [0.2, 0.25) is 0 Å². The Kier molecular flexibility index (Phi) is 2.75. The Hall–Kier alpha value is -0.600. The maximum atomic E-state index is 13.5. The molecule has 3 rings (SSSR count).